The monoisotopic (exact) mass is 471 g/mol. The first kappa shape index (κ1) is 21.6. The number of nitrogens with zero attached hydrogens (tertiary/aromatic N) is 2. The highest BCUT2D eigenvalue weighted by Gasteiger charge is 2.24. The molecule has 2 aromatic carbocycles. The number of carbonyl (C=O) groups is 1. The molecule has 0 aliphatic rings. The molecule has 0 aliphatic heterocycles. The third kappa shape index (κ3) is 4.43. The molecule has 3 aromatic rings. The second kappa shape index (κ2) is 8.36. The summed E-state index contributed by atoms with van der Waals surface area (Å²) >= 11 is 18.2. The Hall–Kier alpha value is -2.06. The average Bonchev–Trinajstić information content (AvgIpc) is 3.05. The number of nitrogens with one attached hydrogen (secondary N) is 1. The smallest absolute Gasteiger partial charge is 0.285 e. The van der Waals surface area contributed by atoms with Crippen LogP contribution in [-0.2, 0) is 23.5 Å². The maximum atomic E-state index is 12.7. The molecule has 10 heteroatoms. The van der Waals surface area contributed by atoms with Crippen molar-refractivity contribution in [3.05, 3.63) is 68.9 Å². The summed E-state index contributed by atoms with van der Waals surface area (Å²) in [5.74, 6) is -0.496. The van der Waals surface area contributed by atoms with Crippen LogP contribution in [0.3, 0.4) is 0 Å². The molecule has 29 heavy (non-hydrogen) atoms. The summed E-state index contributed by atoms with van der Waals surface area (Å²) in [6.07, 6.45) is 1.87. The summed E-state index contributed by atoms with van der Waals surface area (Å²) < 4.78 is 29.1. The number of hydrogen-bond acceptors (Lipinski definition) is 4. The summed E-state index contributed by atoms with van der Waals surface area (Å²) in [7, 11) is -2.47. The second-order valence-electron chi connectivity index (χ2n) is 6.20. The number of halogens is 3. The highest BCUT2D eigenvalue weighted by molar-refractivity contribution is 7.90. The molecule has 0 aliphatic carbocycles. The number of aromatic nitrogens is 2. The van der Waals surface area contributed by atoms with Crippen LogP contribution in [0.4, 0.5) is 0 Å². The van der Waals surface area contributed by atoms with Gasteiger partial charge < -0.3 is 4.57 Å². The normalized spacial score (nSPS) is 11.5. The molecule has 0 bridgehead atoms. The maximum Gasteiger partial charge on any atom is 0.285 e. The first-order valence-corrected chi connectivity index (χ1v) is 11.1. The standard InChI is InChI=1S/C19H16Cl3N3O3S/c1-3-11-7-8-12(20)9-16(11)29(27,28)24-19(26)15-10-25(2)18(23-15)13-5-4-6-14(21)17(13)22/h4-10H,3H2,1-2H3,(H,24,26). The van der Waals surface area contributed by atoms with Crippen LogP contribution in [0.1, 0.15) is 23.0 Å². The summed E-state index contributed by atoms with van der Waals surface area (Å²) in [4.78, 5) is 16.8. The number of benzene rings is 2. The van der Waals surface area contributed by atoms with E-state index in [0.717, 1.165) is 0 Å². The molecule has 0 saturated heterocycles. The first-order valence-electron chi connectivity index (χ1n) is 8.47. The van der Waals surface area contributed by atoms with E-state index in [1.54, 1.807) is 41.9 Å². The quantitative estimate of drug-likeness (QED) is 0.582. The molecular weight excluding hydrogens is 457 g/mol. The fourth-order valence-electron chi connectivity index (χ4n) is 2.80. The molecule has 0 atom stereocenters. The Bertz CT molecular complexity index is 1210. The van der Waals surface area contributed by atoms with Crippen LogP contribution in [-0.4, -0.2) is 23.9 Å². The maximum absolute atomic E-state index is 12.7. The summed E-state index contributed by atoms with van der Waals surface area (Å²) in [6, 6.07) is 9.56. The lowest BCUT2D eigenvalue weighted by Crippen LogP contribution is -2.31. The van der Waals surface area contributed by atoms with E-state index >= 15 is 0 Å². The Balaban J connectivity index is 1.95. The van der Waals surface area contributed by atoms with Crippen molar-refractivity contribution in [1.29, 1.82) is 0 Å². The molecule has 6 nitrogen and oxygen atoms in total. The minimum Gasteiger partial charge on any atom is -0.333 e. The van der Waals surface area contributed by atoms with E-state index < -0.39 is 15.9 Å². The minimum atomic E-state index is -4.14. The highest BCUT2D eigenvalue weighted by Crippen LogP contribution is 2.32. The van der Waals surface area contributed by atoms with Crippen LogP contribution in [0, 0.1) is 0 Å². The predicted molar refractivity (Wildman–Crippen MR) is 114 cm³/mol. The molecule has 1 heterocycles. The van der Waals surface area contributed by atoms with Gasteiger partial charge in [0.05, 0.1) is 14.9 Å². The van der Waals surface area contributed by atoms with Gasteiger partial charge in [0.2, 0.25) is 0 Å². The summed E-state index contributed by atoms with van der Waals surface area (Å²) in [6.45, 7) is 1.81. The van der Waals surface area contributed by atoms with E-state index in [4.69, 9.17) is 34.8 Å². The number of hydrogen-bond donors (Lipinski definition) is 1. The zero-order valence-electron chi connectivity index (χ0n) is 15.4. The van der Waals surface area contributed by atoms with Gasteiger partial charge in [-0.05, 0) is 36.2 Å². The van der Waals surface area contributed by atoms with Crippen LogP contribution >= 0.6 is 34.8 Å². The van der Waals surface area contributed by atoms with Gasteiger partial charge in [0.25, 0.3) is 15.9 Å². The van der Waals surface area contributed by atoms with Crippen LogP contribution in [0.2, 0.25) is 15.1 Å². The Labute approximate surface area is 183 Å². The van der Waals surface area contributed by atoms with Gasteiger partial charge in [0, 0.05) is 23.8 Å². The number of aryl methyl sites for hydroxylation is 2. The zero-order chi connectivity index (χ0) is 21.3. The van der Waals surface area contributed by atoms with Crippen LogP contribution in [0.15, 0.2) is 47.5 Å². The van der Waals surface area contributed by atoms with Crippen molar-refractivity contribution in [2.45, 2.75) is 18.2 Å². The molecule has 3 rings (SSSR count). The van der Waals surface area contributed by atoms with Gasteiger partial charge >= 0.3 is 0 Å². The Morgan fingerprint density at radius 1 is 1.17 bits per heavy atom. The van der Waals surface area contributed by atoms with Crippen LogP contribution < -0.4 is 4.72 Å². The van der Waals surface area contributed by atoms with E-state index in [0.29, 0.717) is 28.4 Å². The van der Waals surface area contributed by atoms with Crippen molar-refractivity contribution in [3.63, 3.8) is 0 Å². The van der Waals surface area contributed by atoms with Crippen molar-refractivity contribution in [3.8, 4) is 11.4 Å². The molecule has 0 spiro atoms. The fraction of sp³-hybridized carbons (Fsp3) is 0.158. The van der Waals surface area contributed by atoms with Crippen LogP contribution in [0.5, 0.6) is 0 Å². The molecule has 1 aromatic heterocycles. The molecular formula is C19H16Cl3N3O3S. The molecule has 0 radical (unpaired) electrons. The van der Waals surface area contributed by atoms with E-state index in [1.165, 1.54) is 12.3 Å². The molecule has 152 valence electrons. The third-order valence-electron chi connectivity index (χ3n) is 4.23. The lowest BCUT2D eigenvalue weighted by Gasteiger charge is -2.10. The highest BCUT2D eigenvalue weighted by atomic mass is 35.5. The Morgan fingerprint density at radius 3 is 2.59 bits per heavy atom. The van der Waals surface area contributed by atoms with Gasteiger partial charge in [-0.25, -0.2) is 18.1 Å². The van der Waals surface area contributed by atoms with E-state index in [9.17, 15) is 13.2 Å². The summed E-state index contributed by atoms with van der Waals surface area (Å²) in [5.41, 5.74) is 0.982. The SMILES string of the molecule is CCc1ccc(Cl)cc1S(=O)(=O)NC(=O)c1cn(C)c(-c2cccc(Cl)c2Cl)n1. The Morgan fingerprint density at radius 2 is 1.90 bits per heavy atom. The van der Waals surface area contributed by atoms with Gasteiger partial charge in [-0.1, -0.05) is 53.9 Å². The van der Waals surface area contributed by atoms with Gasteiger partial charge in [-0.2, -0.15) is 0 Å². The second-order valence-corrected chi connectivity index (χ2v) is 9.07. The largest absolute Gasteiger partial charge is 0.333 e. The Kier molecular flexibility index (Phi) is 6.24. The molecule has 1 N–H and O–H groups in total. The molecule has 0 unspecified atom stereocenters. The number of amides is 1. The minimum absolute atomic E-state index is 0.0464. The van der Waals surface area contributed by atoms with Gasteiger partial charge in [-0.15, -0.1) is 0 Å². The lowest BCUT2D eigenvalue weighted by atomic mass is 10.2. The number of sulfonamides is 1. The van der Waals surface area contributed by atoms with Gasteiger partial charge in [0.1, 0.15) is 11.5 Å². The van der Waals surface area contributed by atoms with E-state index in [2.05, 4.69) is 4.98 Å². The molecule has 0 saturated carbocycles. The third-order valence-corrected chi connectivity index (χ3v) is 6.70. The topological polar surface area (TPSA) is 81.1 Å². The van der Waals surface area contributed by atoms with Crippen molar-refractivity contribution >= 4 is 50.7 Å². The van der Waals surface area contributed by atoms with Crippen molar-refractivity contribution in [2.24, 2.45) is 7.05 Å². The number of imidazole rings is 1. The van der Waals surface area contributed by atoms with Crippen molar-refractivity contribution < 1.29 is 13.2 Å². The molecule has 1 amide bonds. The molecule has 0 fully saturated rings. The number of carbonyl (C=O) groups excluding carboxylic acids is 1. The lowest BCUT2D eigenvalue weighted by molar-refractivity contribution is 0.0977. The van der Waals surface area contributed by atoms with Gasteiger partial charge in [0.15, 0.2) is 0 Å². The first-order chi connectivity index (χ1) is 13.6. The predicted octanol–water partition coefficient (Wildman–Crippen LogP) is 4.73. The fourth-order valence-corrected chi connectivity index (χ4v) is 4.72. The van der Waals surface area contributed by atoms with Crippen molar-refractivity contribution in [2.75, 3.05) is 0 Å². The van der Waals surface area contributed by atoms with Crippen molar-refractivity contribution in [1.82, 2.24) is 14.3 Å². The zero-order valence-corrected chi connectivity index (χ0v) is 18.5. The van der Waals surface area contributed by atoms with E-state index in [-0.39, 0.29) is 20.6 Å². The van der Waals surface area contributed by atoms with Crippen LogP contribution in [0.25, 0.3) is 11.4 Å². The van der Waals surface area contributed by atoms with Gasteiger partial charge in [-0.3, -0.25) is 4.79 Å². The summed E-state index contributed by atoms with van der Waals surface area (Å²) in [5, 5.41) is 0.883. The van der Waals surface area contributed by atoms with E-state index in [1.807, 2.05) is 11.6 Å². The number of rotatable bonds is 5. The average molecular weight is 473 g/mol.